The number of H-pyrrole nitrogens is 1. The standard InChI is InChI=1S/C8H11F3N2.ClH/c9-8(10,11)4-3-6(12)7-2-1-5-13-7;/h1-2,5-6,13H,3-4,12H2;1H/t6-;/m0./s1. The Morgan fingerprint density at radius 2 is 2.07 bits per heavy atom. The summed E-state index contributed by atoms with van der Waals surface area (Å²) in [7, 11) is 0. The molecule has 0 spiro atoms. The van der Waals surface area contributed by atoms with E-state index in [4.69, 9.17) is 5.73 Å². The Morgan fingerprint density at radius 3 is 2.50 bits per heavy atom. The van der Waals surface area contributed by atoms with Crippen LogP contribution in [0.2, 0.25) is 0 Å². The van der Waals surface area contributed by atoms with Gasteiger partial charge in [-0.25, -0.2) is 0 Å². The van der Waals surface area contributed by atoms with Gasteiger partial charge < -0.3 is 10.7 Å². The Morgan fingerprint density at radius 1 is 1.43 bits per heavy atom. The second-order valence-electron chi connectivity index (χ2n) is 2.89. The second kappa shape index (κ2) is 5.26. The lowest BCUT2D eigenvalue weighted by atomic mass is 10.1. The number of halogens is 4. The van der Waals surface area contributed by atoms with Crippen LogP contribution in [0.1, 0.15) is 24.6 Å². The van der Waals surface area contributed by atoms with Crippen LogP contribution in [0, 0.1) is 0 Å². The number of nitrogens with one attached hydrogen (secondary N) is 1. The largest absolute Gasteiger partial charge is 0.389 e. The summed E-state index contributed by atoms with van der Waals surface area (Å²) in [6.45, 7) is 0. The summed E-state index contributed by atoms with van der Waals surface area (Å²) < 4.78 is 35.4. The van der Waals surface area contributed by atoms with Gasteiger partial charge >= 0.3 is 6.18 Å². The number of nitrogens with two attached hydrogens (primary N) is 1. The number of alkyl halides is 3. The molecule has 0 bridgehead atoms. The van der Waals surface area contributed by atoms with E-state index in [2.05, 4.69) is 4.98 Å². The van der Waals surface area contributed by atoms with E-state index in [0.29, 0.717) is 5.69 Å². The van der Waals surface area contributed by atoms with Crippen molar-refractivity contribution in [1.82, 2.24) is 4.98 Å². The Bertz CT molecular complexity index is 246. The summed E-state index contributed by atoms with van der Waals surface area (Å²) in [5.41, 5.74) is 6.16. The van der Waals surface area contributed by atoms with E-state index in [1.54, 1.807) is 18.3 Å². The summed E-state index contributed by atoms with van der Waals surface area (Å²) in [4.78, 5) is 2.78. The molecule has 2 nitrogen and oxygen atoms in total. The van der Waals surface area contributed by atoms with Crippen LogP contribution < -0.4 is 5.73 Å². The van der Waals surface area contributed by atoms with Crippen LogP contribution in [0.5, 0.6) is 0 Å². The van der Waals surface area contributed by atoms with E-state index in [-0.39, 0.29) is 18.8 Å². The summed E-state index contributed by atoms with van der Waals surface area (Å²) in [6.07, 6.45) is -3.40. The summed E-state index contributed by atoms with van der Waals surface area (Å²) in [5.74, 6) is 0. The molecule has 82 valence electrons. The smallest absolute Gasteiger partial charge is 0.364 e. The van der Waals surface area contributed by atoms with Gasteiger partial charge in [0, 0.05) is 24.4 Å². The first-order valence-electron chi connectivity index (χ1n) is 3.94. The molecule has 0 saturated heterocycles. The highest BCUT2D eigenvalue weighted by molar-refractivity contribution is 5.85. The predicted octanol–water partition coefficient (Wildman–Crippen LogP) is 2.78. The lowest BCUT2D eigenvalue weighted by Crippen LogP contribution is -2.15. The third-order valence-electron chi connectivity index (χ3n) is 1.76. The van der Waals surface area contributed by atoms with Crippen LogP contribution >= 0.6 is 12.4 Å². The maximum Gasteiger partial charge on any atom is 0.389 e. The SMILES string of the molecule is Cl.N[C@@H](CCC(F)(F)F)c1ccc[nH]1. The Hall–Kier alpha value is -0.680. The molecule has 1 atom stereocenters. The lowest BCUT2D eigenvalue weighted by molar-refractivity contribution is -0.136. The van der Waals surface area contributed by atoms with Crippen molar-refractivity contribution < 1.29 is 13.2 Å². The molecule has 1 heterocycles. The van der Waals surface area contributed by atoms with Crippen LogP contribution in [0.4, 0.5) is 13.2 Å². The van der Waals surface area contributed by atoms with E-state index in [9.17, 15) is 13.2 Å². The topological polar surface area (TPSA) is 41.8 Å². The normalized spacial score (nSPS) is 13.4. The first-order chi connectivity index (χ1) is 5.99. The van der Waals surface area contributed by atoms with E-state index in [0.717, 1.165) is 0 Å². The van der Waals surface area contributed by atoms with Crippen LogP contribution in [-0.2, 0) is 0 Å². The highest BCUT2D eigenvalue weighted by Gasteiger charge is 2.27. The molecular formula is C8H12ClF3N2. The number of aromatic nitrogens is 1. The molecule has 1 rings (SSSR count). The molecule has 0 aliphatic heterocycles. The summed E-state index contributed by atoms with van der Waals surface area (Å²) in [6, 6.07) is 2.83. The van der Waals surface area contributed by atoms with Crippen LogP contribution in [0.25, 0.3) is 0 Å². The first-order valence-corrected chi connectivity index (χ1v) is 3.94. The lowest BCUT2D eigenvalue weighted by Gasteiger charge is -2.11. The number of hydrogen-bond acceptors (Lipinski definition) is 1. The summed E-state index contributed by atoms with van der Waals surface area (Å²) >= 11 is 0. The molecule has 6 heteroatoms. The minimum absolute atomic E-state index is 0. The minimum Gasteiger partial charge on any atom is -0.364 e. The molecular weight excluding hydrogens is 217 g/mol. The fraction of sp³-hybridized carbons (Fsp3) is 0.500. The molecule has 0 aromatic carbocycles. The fourth-order valence-corrected chi connectivity index (χ4v) is 1.05. The molecule has 1 aromatic heterocycles. The minimum atomic E-state index is -4.12. The first kappa shape index (κ1) is 13.3. The molecule has 0 fully saturated rings. The maximum atomic E-state index is 11.8. The van der Waals surface area contributed by atoms with Gasteiger partial charge in [-0.05, 0) is 18.6 Å². The van der Waals surface area contributed by atoms with Gasteiger partial charge in [-0.2, -0.15) is 13.2 Å². The van der Waals surface area contributed by atoms with Gasteiger partial charge in [-0.15, -0.1) is 12.4 Å². The third kappa shape index (κ3) is 4.53. The summed E-state index contributed by atoms with van der Waals surface area (Å²) in [5, 5.41) is 0. The molecule has 1 aromatic rings. The Balaban J connectivity index is 0.00000169. The molecule has 14 heavy (non-hydrogen) atoms. The quantitative estimate of drug-likeness (QED) is 0.821. The zero-order valence-corrected chi connectivity index (χ0v) is 8.16. The van der Waals surface area contributed by atoms with Crippen molar-refractivity contribution in [3.8, 4) is 0 Å². The van der Waals surface area contributed by atoms with Crippen molar-refractivity contribution in [2.45, 2.75) is 25.1 Å². The Labute approximate surface area is 86.1 Å². The monoisotopic (exact) mass is 228 g/mol. The van der Waals surface area contributed by atoms with Crippen LogP contribution in [0.15, 0.2) is 18.3 Å². The van der Waals surface area contributed by atoms with Crippen molar-refractivity contribution in [2.24, 2.45) is 5.73 Å². The number of rotatable bonds is 3. The van der Waals surface area contributed by atoms with Gasteiger partial charge in [0.05, 0.1) is 0 Å². The molecule has 0 saturated carbocycles. The van der Waals surface area contributed by atoms with Crippen molar-refractivity contribution in [1.29, 1.82) is 0 Å². The van der Waals surface area contributed by atoms with E-state index < -0.39 is 18.6 Å². The predicted molar refractivity (Wildman–Crippen MR) is 50.3 cm³/mol. The highest BCUT2D eigenvalue weighted by atomic mass is 35.5. The van der Waals surface area contributed by atoms with Gasteiger partial charge in [-0.3, -0.25) is 0 Å². The molecule has 0 amide bonds. The highest BCUT2D eigenvalue weighted by Crippen LogP contribution is 2.25. The zero-order chi connectivity index (χ0) is 9.90. The van der Waals surface area contributed by atoms with E-state index in [1.807, 2.05) is 0 Å². The van der Waals surface area contributed by atoms with Crippen molar-refractivity contribution >= 4 is 12.4 Å². The molecule has 3 N–H and O–H groups in total. The van der Waals surface area contributed by atoms with Gasteiger partial charge in [0.15, 0.2) is 0 Å². The molecule has 0 aliphatic rings. The zero-order valence-electron chi connectivity index (χ0n) is 7.34. The molecule has 0 radical (unpaired) electrons. The average molecular weight is 229 g/mol. The molecule has 0 aliphatic carbocycles. The maximum absolute atomic E-state index is 11.8. The Kier molecular flexibility index (Phi) is 5.01. The second-order valence-corrected chi connectivity index (χ2v) is 2.89. The fourth-order valence-electron chi connectivity index (χ4n) is 1.05. The van der Waals surface area contributed by atoms with Gasteiger partial charge in [0.1, 0.15) is 0 Å². The van der Waals surface area contributed by atoms with E-state index >= 15 is 0 Å². The number of hydrogen-bond donors (Lipinski definition) is 2. The third-order valence-corrected chi connectivity index (χ3v) is 1.76. The van der Waals surface area contributed by atoms with Crippen LogP contribution in [0.3, 0.4) is 0 Å². The molecule has 0 unspecified atom stereocenters. The number of aromatic amines is 1. The van der Waals surface area contributed by atoms with Crippen molar-refractivity contribution in [3.05, 3.63) is 24.0 Å². The van der Waals surface area contributed by atoms with Gasteiger partial charge in [-0.1, -0.05) is 0 Å². The van der Waals surface area contributed by atoms with Gasteiger partial charge in [0.2, 0.25) is 0 Å². The van der Waals surface area contributed by atoms with Gasteiger partial charge in [0.25, 0.3) is 0 Å². The van der Waals surface area contributed by atoms with Crippen molar-refractivity contribution in [2.75, 3.05) is 0 Å². The van der Waals surface area contributed by atoms with Crippen molar-refractivity contribution in [3.63, 3.8) is 0 Å². The van der Waals surface area contributed by atoms with Crippen LogP contribution in [-0.4, -0.2) is 11.2 Å². The average Bonchev–Trinajstić information content (AvgIpc) is 2.50. The van der Waals surface area contributed by atoms with E-state index in [1.165, 1.54) is 0 Å².